The van der Waals surface area contributed by atoms with Gasteiger partial charge in [0.1, 0.15) is 12.2 Å². The van der Waals surface area contributed by atoms with Gasteiger partial charge >= 0.3 is 5.97 Å². The summed E-state index contributed by atoms with van der Waals surface area (Å²) in [5, 5.41) is 0. The molecule has 0 aliphatic rings. The molecule has 43 heavy (non-hydrogen) atoms. The summed E-state index contributed by atoms with van der Waals surface area (Å²) < 4.78 is 30.2. The van der Waals surface area contributed by atoms with Gasteiger partial charge in [-0.2, -0.15) is 0 Å². The van der Waals surface area contributed by atoms with Crippen molar-refractivity contribution in [2.75, 3.05) is 13.7 Å². The Hall–Kier alpha value is -4.14. The number of carbonyl (C=O) groups is 2. The van der Waals surface area contributed by atoms with Gasteiger partial charge in [0.05, 0.1) is 46.2 Å². The van der Waals surface area contributed by atoms with Crippen molar-refractivity contribution in [3.05, 3.63) is 144 Å². The molecule has 0 saturated heterocycles. The monoisotopic (exact) mass is 582 g/mol. The van der Waals surface area contributed by atoms with E-state index >= 15 is 0 Å². The second kappa shape index (κ2) is 17.7. The lowest BCUT2D eigenvalue weighted by atomic mass is 10.0. The van der Waals surface area contributed by atoms with Crippen LogP contribution in [-0.4, -0.2) is 43.8 Å². The van der Waals surface area contributed by atoms with Crippen molar-refractivity contribution in [3.63, 3.8) is 0 Å². The topological polar surface area (TPSA) is 80.3 Å². The quantitative estimate of drug-likeness (QED) is 0.104. The van der Waals surface area contributed by atoms with Gasteiger partial charge in [0.25, 0.3) is 0 Å². The number of hydrogen-bond donors (Lipinski definition) is 0. The number of ether oxygens (including phenoxy) is 5. The summed E-state index contributed by atoms with van der Waals surface area (Å²) in [5.74, 6) is -1.64. The van der Waals surface area contributed by atoms with Crippen LogP contribution in [0.15, 0.2) is 121 Å². The first kappa shape index (κ1) is 31.8. The molecular weight excluding hydrogens is 544 g/mol. The molecular formula is C36H38O7. The van der Waals surface area contributed by atoms with Gasteiger partial charge in [-0.3, -0.25) is 4.79 Å². The molecule has 0 aliphatic heterocycles. The van der Waals surface area contributed by atoms with E-state index in [2.05, 4.69) is 0 Å². The molecule has 0 N–H and O–H groups in total. The summed E-state index contributed by atoms with van der Waals surface area (Å²) >= 11 is 0. The predicted molar refractivity (Wildman–Crippen MR) is 163 cm³/mol. The first-order chi connectivity index (χ1) is 21.1. The van der Waals surface area contributed by atoms with Crippen LogP contribution in [-0.2, 0) is 59.7 Å². The Morgan fingerprint density at radius 2 is 0.930 bits per heavy atom. The van der Waals surface area contributed by atoms with Gasteiger partial charge in [0, 0.05) is 6.42 Å². The molecule has 0 radical (unpaired) electrons. The first-order valence-corrected chi connectivity index (χ1v) is 14.3. The van der Waals surface area contributed by atoms with Crippen LogP contribution in [0.3, 0.4) is 0 Å². The van der Waals surface area contributed by atoms with Crippen molar-refractivity contribution in [2.24, 2.45) is 0 Å². The molecule has 4 rings (SSSR count). The third kappa shape index (κ3) is 10.9. The molecule has 7 heteroatoms. The Bertz CT molecular complexity index is 1350. The zero-order valence-electron chi connectivity index (χ0n) is 24.4. The van der Waals surface area contributed by atoms with Crippen LogP contribution < -0.4 is 0 Å². The molecule has 0 saturated carbocycles. The van der Waals surface area contributed by atoms with Gasteiger partial charge in [-0.25, -0.2) is 4.79 Å². The minimum absolute atomic E-state index is 0.165. The second-order valence-corrected chi connectivity index (χ2v) is 10.1. The van der Waals surface area contributed by atoms with Crippen LogP contribution in [0.5, 0.6) is 0 Å². The van der Waals surface area contributed by atoms with Gasteiger partial charge in [-0.1, -0.05) is 121 Å². The number of esters is 1. The number of rotatable bonds is 18. The van der Waals surface area contributed by atoms with Crippen LogP contribution in [0.25, 0.3) is 0 Å². The molecule has 7 nitrogen and oxygen atoms in total. The maximum Gasteiger partial charge on any atom is 0.374 e. The Kier molecular flexibility index (Phi) is 13.1. The predicted octanol–water partition coefficient (Wildman–Crippen LogP) is 6.09. The van der Waals surface area contributed by atoms with E-state index in [9.17, 15) is 9.59 Å². The second-order valence-electron chi connectivity index (χ2n) is 10.1. The highest BCUT2D eigenvalue weighted by molar-refractivity contribution is 6.33. The Morgan fingerprint density at radius 1 is 0.535 bits per heavy atom. The third-order valence-electron chi connectivity index (χ3n) is 6.83. The van der Waals surface area contributed by atoms with E-state index in [0.29, 0.717) is 13.2 Å². The van der Waals surface area contributed by atoms with Crippen molar-refractivity contribution < 1.29 is 33.3 Å². The molecule has 4 aromatic carbocycles. The highest BCUT2D eigenvalue weighted by atomic mass is 16.6. The lowest BCUT2D eigenvalue weighted by Crippen LogP contribution is -2.46. The molecule has 0 amide bonds. The number of benzene rings is 4. The van der Waals surface area contributed by atoms with Crippen LogP contribution in [0, 0.1) is 0 Å². The summed E-state index contributed by atoms with van der Waals surface area (Å²) in [6, 6.07) is 39.0. The fourth-order valence-corrected chi connectivity index (χ4v) is 4.53. The van der Waals surface area contributed by atoms with Crippen LogP contribution in [0.1, 0.15) is 28.7 Å². The van der Waals surface area contributed by atoms with Crippen LogP contribution >= 0.6 is 0 Å². The summed E-state index contributed by atoms with van der Waals surface area (Å²) in [7, 11) is 1.19. The van der Waals surface area contributed by atoms with E-state index in [1.165, 1.54) is 7.11 Å². The minimum atomic E-state index is -0.933. The number of methoxy groups -OCH3 is 1. The summed E-state index contributed by atoms with van der Waals surface area (Å²) in [6.45, 7) is 1.28. The smallest absolute Gasteiger partial charge is 0.374 e. The lowest BCUT2D eigenvalue weighted by molar-refractivity contribution is -0.174. The molecule has 3 atom stereocenters. The first-order valence-electron chi connectivity index (χ1n) is 14.3. The van der Waals surface area contributed by atoms with E-state index < -0.39 is 30.1 Å². The number of ketones is 1. The van der Waals surface area contributed by atoms with Crippen molar-refractivity contribution in [3.8, 4) is 0 Å². The van der Waals surface area contributed by atoms with Crippen molar-refractivity contribution in [1.82, 2.24) is 0 Å². The molecule has 224 valence electrons. The van der Waals surface area contributed by atoms with Gasteiger partial charge in [-0.05, 0) is 22.3 Å². The van der Waals surface area contributed by atoms with Crippen LogP contribution in [0.4, 0.5) is 0 Å². The van der Waals surface area contributed by atoms with Gasteiger partial charge in [0.15, 0.2) is 0 Å². The molecule has 0 spiro atoms. The number of Topliss-reactive ketones (excluding diaryl/α,β-unsaturated/α-hetero) is 1. The van der Waals surface area contributed by atoms with E-state index in [1.807, 2.05) is 121 Å². The van der Waals surface area contributed by atoms with Crippen molar-refractivity contribution in [1.29, 1.82) is 0 Å². The molecule has 4 aromatic rings. The highest BCUT2D eigenvalue weighted by Crippen LogP contribution is 2.22. The standard InChI is InChI=1S/C36H38O7/c1-39-36(38)32(37)22-33(41-24-29-16-8-3-9-17-29)35(43-26-31-20-12-5-13-21-31)34(42-25-30-18-10-4-11-19-30)27-40-23-28-14-6-2-7-15-28/h2-21,33-35H,22-27H2,1H3/t33-,34+,35+/m1/s1. The SMILES string of the molecule is COC(=O)C(=O)C[C@@H](OCc1ccccc1)[C@H](OCc1ccccc1)[C@H](COCc1ccccc1)OCc1ccccc1. The van der Waals surface area contributed by atoms with E-state index in [0.717, 1.165) is 22.3 Å². The van der Waals surface area contributed by atoms with Crippen molar-refractivity contribution >= 4 is 11.8 Å². The maximum atomic E-state index is 12.9. The normalized spacial score (nSPS) is 13.1. The van der Waals surface area contributed by atoms with Gasteiger partial charge < -0.3 is 23.7 Å². The van der Waals surface area contributed by atoms with Crippen LogP contribution in [0.2, 0.25) is 0 Å². The van der Waals surface area contributed by atoms with Gasteiger partial charge in [-0.15, -0.1) is 0 Å². The van der Waals surface area contributed by atoms with E-state index in [4.69, 9.17) is 23.7 Å². The average molecular weight is 583 g/mol. The zero-order valence-corrected chi connectivity index (χ0v) is 24.4. The average Bonchev–Trinajstić information content (AvgIpc) is 3.07. The Labute approximate surface area is 253 Å². The Morgan fingerprint density at radius 3 is 1.37 bits per heavy atom. The summed E-state index contributed by atoms with van der Waals surface area (Å²) in [5.41, 5.74) is 3.86. The maximum absolute atomic E-state index is 12.9. The highest BCUT2D eigenvalue weighted by Gasteiger charge is 2.36. The molecule has 0 bridgehead atoms. The summed E-state index contributed by atoms with van der Waals surface area (Å²) in [6.07, 6.45) is -2.49. The molecule has 0 aromatic heterocycles. The number of hydrogen-bond acceptors (Lipinski definition) is 7. The lowest BCUT2D eigenvalue weighted by Gasteiger charge is -2.33. The zero-order chi connectivity index (χ0) is 30.1. The third-order valence-corrected chi connectivity index (χ3v) is 6.83. The molecule has 0 aliphatic carbocycles. The number of carbonyl (C=O) groups excluding carboxylic acids is 2. The van der Waals surface area contributed by atoms with E-state index in [1.54, 1.807) is 0 Å². The fraction of sp³-hybridized carbons (Fsp3) is 0.278. The Balaban J connectivity index is 1.62. The summed E-state index contributed by atoms with van der Waals surface area (Å²) in [4.78, 5) is 25.1. The fourth-order valence-electron chi connectivity index (χ4n) is 4.53. The minimum Gasteiger partial charge on any atom is -0.463 e. The van der Waals surface area contributed by atoms with Crippen molar-refractivity contribution in [2.45, 2.75) is 51.2 Å². The molecule has 0 fully saturated rings. The molecule has 0 heterocycles. The largest absolute Gasteiger partial charge is 0.463 e. The van der Waals surface area contributed by atoms with E-state index in [-0.39, 0.29) is 26.2 Å². The molecule has 0 unspecified atom stereocenters. The van der Waals surface area contributed by atoms with Gasteiger partial charge in [0.2, 0.25) is 5.78 Å².